The van der Waals surface area contributed by atoms with Crippen LogP contribution < -0.4 is 0 Å². The third-order valence-electron chi connectivity index (χ3n) is 3.73. The molecule has 0 saturated heterocycles. The van der Waals surface area contributed by atoms with Crippen LogP contribution in [-0.2, 0) is 4.79 Å². The van der Waals surface area contributed by atoms with Crippen molar-refractivity contribution in [2.75, 3.05) is 0 Å². The van der Waals surface area contributed by atoms with Crippen LogP contribution in [0.25, 0.3) is 10.8 Å². The van der Waals surface area contributed by atoms with Gasteiger partial charge in [0.1, 0.15) is 11.6 Å². The number of halogens is 1. The van der Waals surface area contributed by atoms with Gasteiger partial charge in [0.2, 0.25) is 0 Å². The standard InChI is InChI=1S/C19H15FO/c1-13(21)19(17-8-4-5-9-18(17)20)16-11-10-14-6-2-3-7-15(14)12-16/h2-12,19H,1H3. The molecule has 0 radical (unpaired) electrons. The van der Waals surface area contributed by atoms with Gasteiger partial charge in [-0.05, 0) is 29.3 Å². The average Bonchev–Trinajstić information content (AvgIpc) is 2.49. The summed E-state index contributed by atoms with van der Waals surface area (Å²) in [5.74, 6) is -0.961. The number of rotatable bonds is 3. The van der Waals surface area contributed by atoms with Crippen molar-refractivity contribution in [1.82, 2.24) is 0 Å². The fourth-order valence-corrected chi connectivity index (χ4v) is 2.73. The second-order valence-electron chi connectivity index (χ2n) is 5.17. The number of benzene rings is 3. The van der Waals surface area contributed by atoms with Gasteiger partial charge in [0.15, 0.2) is 0 Å². The van der Waals surface area contributed by atoms with E-state index >= 15 is 0 Å². The largest absolute Gasteiger partial charge is 0.299 e. The van der Waals surface area contributed by atoms with Gasteiger partial charge in [-0.25, -0.2) is 4.39 Å². The predicted molar refractivity (Wildman–Crippen MR) is 82.9 cm³/mol. The first-order chi connectivity index (χ1) is 10.2. The highest BCUT2D eigenvalue weighted by Gasteiger charge is 2.22. The zero-order valence-corrected chi connectivity index (χ0v) is 11.7. The molecule has 3 aromatic carbocycles. The summed E-state index contributed by atoms with van der Waals surface area (Å²) >= 11 is 0. The maximum Gasteiger partial charge on any atom is 0.141 e. The zero-order valence-electron chi connectivity index (χ0n) is 11.7. The Balaban J connectivity index is 2.16. The Hall–Kier alpha value is -2.48. The molecule has 1 unspecified atom stereocenters. The van der Waals surface area contributed by atoms with Crippen LogP contribution >= 0.6 is 0 Å². The van der Waals surface area contributed by atoms with Crippen LogP contribution in [0.15, 0.2) is 66.7 Å². The molecule has 0 aliphatic rings. The van der Waals surface area contributed by atoms with Gasteiger partial charge in [0.05, 0.1) is 5.92 Å². The molecule has 3 aromatic rings. The molecule has 0 saturated carbocycles. The van der Waals surface area contributed by atoms with Crippen LogP contribution in [-0.4, -0.2) is 5.78 Å². The minimum absolute atomic E-state index is 0.0598. The number of fused-ring (bicyclic) bond motifs is 1. The maximum atomic E-state index is 14.0. The van der Waals surface area contributed by atoms with Crippen molar-refractivity contribution < 1.29 is 9.18 Å². The van der Waals surface area contributed by atoms with Crippen molar-refractivity contribution in [2.45, 2.75) is 12.8 Å². The molecule has 21 heavy (non-hydrogen) atoms. The van der Waals surface area contributed by atoms with Gasteiger partial charge in [-0.15, -0.1) is 0 Å². The lowest BCUT2D eigenvalue weighted by atomic mass is 9.87. The van der Waals surface area contributed by atoms with Crippen LogP contribution in [0.5, 0.6) is 0 Å². The van der Waals surface area contributed by atoms with E-state index in [-0.39, 0.29) is 11.6 Å². The molecule has 2 heteroatoms. The Bertz CT molecular complexity index is 807. The minimum atomic E-state index is -0.559. The molecule has 1 nitrogen and oxygen atoms in total. The van der Waals surface area contributed by atoms with Crippen molar-refractivity contribution in [3.8, 4) is 0 Å². The number of ketones is 1. The van der Waals surface area contributed by atoms with Crippen molar-refractivity contribution in [3.63, 3.8) is 0 Å². The third kappa shape index (κ3) is 2.57. The molecule has 0 aromatic heterocycles. The number of Topliss-reactive ketones (excluding diaryl/α,β-unsaturated/α-hetero) is 1. The van der Waals surface area contributed by atoms with E-state index in [9.17, 15) is 9.18 Å². The molecule has 104 valence electrons. The van der Waals surface area contributed by atoms with Crippen LogP contribution in [0.2, 0.25) is 0 Å². The molecule has 1 atom stereocenters. The molecule has 0 spiro atoms. The Morgan fingerprint density at radius 2 is 1.57 bits per heavy atom. The first-order valence-electron chi connectivity index (χ1n) is 6.90. The van der Waals surface area contributed by atoms with Gasteiger partial charge in [-0.3, -0.25) is 4.79 Å². The quantitative estimate of drug-likeness (QED) is 0.678. The molecule has 3 rings (SSSR count). The van der Waals surface area contributed by atoms with Gasteiger partial charge in [0.25, 0.3) is 0 Å². The van der Waals surface area contributed by atoms with E-state index in [0.717, 1.165) is 16.3 Å². The van der Waals surface area contributed by atoms with E-state index in [4.69, 9.17) is 0 Å². The van der Waals surface area contributed by atoms with E-state index in [1.807, 2.05) is 42.5 Å². The van der Waals surface area contributed by atoms with Gasteiger partial charge < -0.3 is 0 Å². The second kappa shape index (κ2) is 5.49. The monoisotopic (exact) mass is 278 g/mol. The van der Waals surface area contributed by atoms with Crippen LogP contribution in [0.3, 0.4) is 0 Å². The lowest BCUT2D eigenvalue weighted by Crippen LogP contribution is -2.12. The summed E-state index contributed by atoms with van der Waals surface area (Å²) in [5, 5.41) is 2.16. The van der Waals surface area contributed by atoms with E-state index < -0.39 is 5.92 Å². The summed E-state index contributed by atoms with van der Waals surface area (Å²) in [6.07, 6.45) is 0. The summed E-state index contributed by atoms with van der Waals surface area (Å²) in [6, 6.07) is 20.3. The molecule has 0 fully saturated rings. The van der Waals surface area contributed by atoms with Gasteiger partial charge in [-0.2, -0.15) is 0 Å². The highest BCUT2D eigenvalue weighted by molar-refractivity contribution is 5.90. The first-order valence-corrected chi connectivity index (χ1v) is 6.90. The summed E-state index contributed by atoms with van der Waals surface area (Å²) in [7, 11) is 0. The van der Waals surface area contributed by atoms with Crippen LogP contribution in [0.1, 0.15) is 24.0 Å². The fraction of sp³-hybridized carbons (Fsp3) is 0.105. The number of carbonyl (C=O) groups is 1. The van der Waals surface area contributed by atoms with Crippen LogP contribution in [0.4, 0.5) is 4.39 Å². The zero-order chi connectivity index (χ0) is 14.8. The molecule has 0 bridgehead atoms. The summed E-state index contributed by atoms with van der Waals surface area (Å²) < 4.78 is 14.0. The third-order valence-corrected chi connectivity index (χ3v) is 3.73. The Morgan fingerprint density at radius 1 is 0.905 bits per heavy atom. The van der Waals surface area contributed by atoms with Crippen molar-refractivity contribution in [1.29, 1.82) is 0 Å². The smallest absolute Gasteiger partial charge is 0.141 e. The number of hydrogen-bond donors (Lipinski definition) is 0. The highest BCUT2D eigenvalue weighted by Crippen LogP contribution is 2.29. The summed E-state index contributed by atoms with van der Waals surface area (Å²) in [4.78, 5) is 12.1. The van der Waals surface area contributed by atoms with Crippen molar-refractivity contribution in [3.05, 3.63) is 83.7 Å². The van der Waals surface area contributed by atoms with Gasteiger partial charge >= 0.3 is 0 Å². The molecule has 0 N–H and O–H groups in total. The maximum absolute atomic E-state index is 14.0. The van der Waals surface area contributed by atoms with Crippen molar-refractivity contribution in [2.24, 2.45) is 0 Å². The number of hydrogen-bond acceptors (Lipinski definition) is 1. The lowest BCUT2D eigenvalue weighted by molar-refractivity contribution is -0.117. The topological polar surface area (TPSA) is 17.1 Å². The predicted octanol–water partition coefficient (Wildman–Crippen LogP) is 4.70. The molecule has 0 aliphatic carbocycles. The molecular formula is C19H15FO. The molecule has 0 aliphatic heterocycles. The summed E-state index contributed by atoms with van der Waals surface area (Å²) in [6.45, 7) is 1.51. The van der Waals surface area contributed by atoms with Gasteiger partial charge in [0, 0.05) is 5.56 Å². The van der Waals surface area contributed by atoms with Crippen molar-refractivity contribution >= 4 is 16.6 Å². The Labute approximate surface area is 123 Å². The second-order valence-corrected chi connectivity index (χ2v) is 5.17. The first kappa shape index (κ1) is 13.5. The fourth-order valence-electron chi connectivity index (χ4n) is 2.73. The summed E-state index contributed by atoms with van der Waals surface area (Å²) in [5.41, 5.74) is 1.26. The minimum Gasteiger partial charge on any atom is -0.299 e. The Kier molecular flexibility index (Phi) is 3.53. The Morgan fingerprint density at radius 3 is 2.29 bits per heavy atom. The average molecular weight is 278 g/mol. The van der Waals surface area contributed by atoms with Crippen LogP contribution in [0, 0.1) is 5.82 Å². The lowest BCUT2D eigenvalue weighted by Gasteiger charge is -2.16. The molecule has 0 amide bonds. The van der Waals surface area contributed by atoms with E-state index in [1.165, 1.54) is 13.0 Å². The van der Waals surface area contributed by atoms with E-state index in [2.05, 4.69) is 0 Å². The SMILES string of the molecule is CC(=O)C(c1ccc2ccccc2c1)c1ccccc1F. The molecular weight excluding hydrogens is 263 g/mol. The molecule has 0 heterocycles. The number of carbonyl (C=O) groups excluding carboxylic acids is 1. The highest BCUT2D eigenvalue weighted by atomic mass is 19.1. The van der Waals surface area contributed by atoms with E-state index in [1.54, 1.807) is 18.2 Å². The normalized spacial score (nSPS) is 12.3. The van der Waals surface area contributed by atoms with Gasteiger partial charge in [-0.1, -0.05) is 60.7 Å². The van der Waals surface area contributed by atoms with E-state index in [0.29, 0.717) is 5.56 Å².